The third-order valence-electron chi connectivity index (χ3n) is 4.54. The molecule has 21 heavy (non-hydrogen) atoms. The Morgan fingerprint density at radius 1 is 1.38 bits per heavy atom. The van der Waals surface area contributed by atoms with Crippen LogP contribution >= 0.6 is 15.9 Å². The molecule has 1 aliphatic rings. The molecule has 1 aromatic rings. The predicted octanol–water partition coefficient (Wildman–Crippen LogP) is 4.47. The van der Waals surface area contributed by atoms with Gasteiger partial charge in [-0.2, -0.15) is 0 Å². The molecule has 0 heterocycles. The Kier molecular flexibility index (Phi) is 6.72. The fourth-order valence-corrected chi connectivity index (χ4v) is 3.50. The normalized spacial score (nSPS) is 22.5. The van der Waals surface area contributed by atoms with Crippen LogP contribution in [0.3, 0.4) is 0 Å². The number of hydrogen-bond donors (Lipinski definition) is 1. The van der Waals surface area contributed by atoms with Crippen molar-refractivity contribution in [1.82, 2.24) is 10.2 Å². The van der Waals surface area contributed by atoms with E-state index >= 15 is 0 Å². The summed E-state index contributed by atoms with van der Waals surface area (Å²) in [4.78, 5) is 2.51. The lowest BCUT2D eigenvalue weighted by molar-refractivity contribution is 0.292. The Labute approximate surface area is 138 Å². The van der Waals surface area contributed by atoms with Gasteiger partial charge in [0.2, 0.25) is 0 Å². The largest absolute Gasteiger partial charge is 0.310 e. The van der Waals surface area contributed by atoms with E-state index in [0.29, 0.717) is 6.04 Å². The first-order chi connectivity index (χ1) is 10.1. The van der Waals surface area contributed by atoms with Crippen LogP contribution in [0.2, 0.25) is 0 Å². The molecule has 1 saturated carbocycles. The molecule has 0 saturated heterocycles. The molecule has 118 valence electrons. The van der Waals surface area contributed by atoms with Crippen LogP contribution in [0, 0.1) is 11.8 Å². The van der Waals surface area contributed by atoms with Gasteiger partial charge in [-0.25, -0.2) is 0 Å². The van der Waals surface area contributed by atoms with Crippen molar-refractivity contribution < 1.29 is 0 Å². The van der Waals surface area contributed by atoms with Crippen molar-refractivity contribution >= 4 is 15.9 Å². The summed E-state index contributed by atoms with van der Waals surface area (Å²) in [5.41, 5.74) is 1.39. The Bertz CT molecular complexity index is 435. The predicted molar refractivity (Wildman–Crippen MR) is 94.6 cm³/mol. The van der Waals surface area contributed by atoms with Gasteiger partial charge in [-0.3, -0.25) is 0 Å². The summed E-state index contributed by atoms with van der Waals surface area (Å²) in [6.07, 6.45) is 3.77. The fraction of sp³-hybridized carbons (Fsp3) is 0.667. The Balaban J connectivity index is 1.88. The van der Waals surface area contributed by atoms with Gasteiger partial charge >= 0.3 is 0 Å². The molecule has 0 bridgehead atoms. The lowest BCUT2D eigenvalue weighted by Crippen LogP contribution is -2.29. The Morgan fingerprint density at radius 2 is 2.10 bits per heavy atom. The second-order valence-corrected chi connectivity index (χ2v) is 7.41. The molecule has 3 heteroatoms. The van der Waals surface area contributed by atoms with Crippen LogP contribution < -0.4 is 5.32 Å². The first-order valence-corrected chi connectivity index (χ1v) is 9.07. The summed E-state index contributed by atoms with van der Waals surface area (Å²) >= 11 is 3.70. The van der Waals surface area contributed by atoms with E-state index in [9.17, 15) is 0 Å². The van der Waals surface area contributed by atoms with Gasteiger partial charge in [-0.1, -0.05) is 48.0 Å². The van der Waals surface area contributed by atoms with Crippen LogP contribution in [0.1, 0.15) is 44.7 Å². The molecule has 1 fully saturated rings. The van der Waals surface area contributed by atoms with Gasteiger partial charge in [-0.05, 0) is 62.9 Å². The maximum absolute atomic E-state index is 3.70. The number of benzene rings is 1. The van der Waals surface area contributed by atoms with E-state index in [1.54, 1.807) is 0 Å². The maximum Gasteiger partial charge on any atom is 0.0343 e. The molecule has 2 nitrogen and oxygen atoms in total. The first-order valence-electron chi connectivity index (χ1n) is 8.28. The molecule has 3 unspecified atom stereocenters. The van der Waals surface area contributed by atoms with E-state index < -0.39 is 0 Å². The summed E-state index contributed by atoms with van der Waals surface area (Å²) in [5, 5.41) is 3.70. The zero-order chi connectivity index (χ0) is 15.2. The summed E-state index contributed by atoms with van der Waals surface area (Å²) in [5.74, 6) is 1.89. The van der Waals surface area contributed by atoms with E-state index in [1.807, 2.05) is 0 Å². The molecule has 1 aromatic carbocycles. The molecule has 0 spiro atoms. The molecule has 0 amide bonds. The second-order valence-electron chi connectivity index (χ2n) is 6.55. The third kappa shape index (κ3) is 5.39. The average molecular weight is 353 g/mol. The SMILES string of the molecule is CCCNC(CCN(C)CC1CC1C)c1ccccc1Br. The van der Waals surface area contributed by atoms with Crippen molar-refractivity contribution in [2.75, 3.05) is 26.7 Å². The van der Waals surface area contributed by atoms with Gasteiger partial charge < -0.3 is 10.2 Å². The van der Waals surface area contributed by atoms with Gasteiger partial charge in [0, 0.05) is 17.1 Å². The monoisotopic (exact) mass is 352 g/mol. The van der Waals surface area contributed by atoms with Crippen molar-refractivity contribution in [1.29, 1.82) is 0 Å². The zero-order valence-electron chi connectivity index (χ0n) is 13.6. The zero-order valence-corrected chi connectivity index (χ0v) is 15.2. The number of hydrogen-bond acceptors (Lipinski definition) is 2. The van der Waals surface area contributed by atoms with E-state index in [-0.39, 0.29) is 0 Å². The second kappa shape index (κ2) is 8.30. The highest BCUT2D eigenvalue weighted by Crippen LogP contribution is 2.38. The number of halogens is 1. The average Bonchev–Trinajstić information content (AvgIpc) is 3.15. The van der Waals surface area contributed by atoms with Crippen LogP contribution in [0.4, 0.5) is 0 Å². The van der Waals surface area contributed by atoms with Crippen LogP contribution in [0.15, 0.2) is 28.7 Å². The van der Waals surface area contributed by atoms with Crippen LogP contribution in [-0.2, 0) is 0 Å². The van der Waals surface area contributed by atoms with E-state index in [0.717, 1.165) is 24.9 Å². The minimum absolute atomic E-state index is 0.444. The Hall–Kier alpha value is -0.380. The van der Waals surface area contributed by atoms with Crippen molar-refractivity contribution in [3.63, 3.8) is 0 Å². The van der Waals surface area contributed by atoms with E-state index in [2.05, 4.69) is 71.3 Å². The molecule has 2 rings (SSSR count). The number of rotatable bonds is 9. The van der Waals surface area contributed by atoms with Gasteiger partial charge in [0.15, 0.2) is 0 Å². The highest BCUT2D eigenvalue weighted by molar-refractivity contribution is 9.10. The molecule has 1 aliphatic carbocycles. The molecular weight excluding hydrogens is 324 g/mol. The van der Waals surface area contributed by atoms with Crippen molar-refractivity contribution in [3.8, 4) is 0 Å². The molecular formula is C18H29BrN2. The quantitative estimate of drug-likeness (QED) is 0.705. The lowest BCUT2D eigenvalue weighted by atomic mass is 10.0. The van der Waals surface area contributed by atoms with Crippen LogP contribution in [0.5, 0.6) is 0 Å². The molecule has 0 aliphatic heterocycles. The standard InChI is InChI=1S/C18H29BrN2/c1-4-10-20-18(16-7-5-6-8-17(16)19)9-11-21(3)13-15-12-14(15)2/h5-8,14-15,18,20H,4,9-13H2,1-3H3. The Morgan fingerprint density at radius 3 is 2.71 bits per heavy atom. The fourth-order valence-electron chi connectivity index (χ4n) is 2.94. The maximum atomic E-state index is 3.70. The number of nitrogens with one attached hydrogen (secondary N) is 1. The lowest BCUT2D eigenvalue weighted by Gasteiger charge is -2.24. The minimum Gasteiger partial charge on any atom is -0.310 e. The van der Waals surface area contributed by atoms with Crippen LogP contribution in [0.25, 0.3) is 0 Å². The molecule has 0 radical (unpaired) electrons. The van der Waals surface area contributed by atoms with Gasteiger partial charge in [0.25, 0.3) is 0 Å². The number of nitrogens with zero attached hydrogens (tertiary/aromatic N) is 1. The topological polar surface area (TPSA) is 15.3 Å². The first kappa shape index (κ1) is 17.0. The molecule has 0 aromatic heterocycles. The molecule has 1 N–H and O–H groups in total. The highest BCUT2D eigenvalue weighted by atomic mass is 79.9. The summed E-state index contributed by atoms with van der Waals surface area (Å²) in [6.45, 7) is 8.09. The third-order valence-corrected chi connectivity index (χ3v) is 5.27. The summed E-state index contributed by atoms with van der Waals surface area (Å²) in [6, 6.07) is 9.05. The summed E-state index contributed by atoms with van der Waals surface area (Å²) < 4.78 is 1.22. The highest BCUT2D eigenvalue weighted by Gasteiger charge is 2.33. The van der Waals surface area contributed by atoms with Crippen molar-refractivity contribution in [2.45, 2.75) is 39.2 Å². The van der Waals surface area contributed by atoms with Gasteiger partial charge in [-0.15, -0.1) is 0 Å². The van der Waals surface area contributed by atoms with Gasteiger partial charge in [0.05, 0.1) is 0 Å². The minimum atomic E-state index is 0.444. The summed E-state index contributed by atoms with van der Waals surface area (Å²) in [7, 11) is 2.27. The van der Waals surface area contributed by atoms with Crippen molar-refractivity contribution in [2.24, 2.45) is 11.8 Å². The smallest absolute Gasteiger partial charge is 0.0343 e. The molecule has 3 atom stereocenters. The van der Waals surface area contributed by atoms with Gasteiger partial charge in [0.1, 0.15) is 0 Å². The van der Waals surface area contributed by atoms with Crippen molar-refractivity contribution in [3.05, 3.63) is 34.3 Å². The van der Waals surface area contributed by atoms with E-state index in [4.69, 9.17) is 0 Å². The van der Waals surface area contributed by atoms with E-state index in [1.165, 1.54) is 35.8 Å². The van der Waals surface area contributed by atoms with Crippen LogP contribution in [-0.4, -0.2) is 31.6 Å².